The van der Waals surface area contributed by atoms with Gasteiger partial charge in [0.05, 0.1) is 28.5 Å². The monoisotopic (exact) mass is 615 g/mol. The highest BCUT2D eigenvalue weighted by atomic mass is 19.1. The van der Waals surface area contributed by atoms with Crippen molar-refractivity contribution in [3.05, 3.63) is 64.0 Å². The first kappa shape index (κ1) is 28.5. The van der Waals surface area contributed by atoms with Gasteiger partial charge in [0.25, 0.3) is 5.56 Å². The number of rotatable bonds is 6. The Kier molecular flexibility index (Phi) is 6.84. The first-order valence-corrected chi connectivity index (χ1v) is 15.8. The van der Waals surface area contributed by atoms with Crippen molar-refractivity contribution in [2.24, 2.45) is 0 Å². The van der Waals surface area contributed by atoms with E-state index in [0.29, 0.717) is 53.2 Å². The second-order valence-electron chi connectivity index (χ2n) is 12.8. The lowest BCUT2D eigenvalue weighted by atomic mass is 9.92. The van der Waals surface area contributed by atoms with E-state index in [9.17, 15) is 18.7 Å². The maximum Gasteiger partial charge on any atom is 0.317 e. The average molecular weight is 616 g/mol. The normalized spacial score (nSPS) is 26.4. The van der Waals surface area contributed by atoms with E-state index in [-0.39, 0.29) is 41.7 Å². The van der Waals surface area contributed by atoms with Crippen molar-refractivity contribution in [2.75, 3.05) is 32.8 Å². The summed E-state index contributed by atoms with van der Waals surface area (Å²) < 4.78 is 36.9. The third kappa shape index (κ3) is 4.77. The molecule has 234 valence electrons. The molecule has 0 amide bonds. The Morgan fingerprint density at radius 3 is 2.96 bits per heavy atom. The number of phenols is 1. The number of benzene rings is 2. The zero-order chi connectivity index (χ0) is 30.9. The van der Waals surface area contributed by atoms with Gasteiger partial charge in [-0.05, 0) is 60.9 Å². The van der Waals surface area contributed by atoms with Gasteiger partial charge in [0.15, 0.2) is 0 Å². The van der Waals surface area contributed by atoms with Gasteiger partial charge >= 0.3 is 6.01 Å². The fourth-order valence-corrected chi connectivity index (χ4v) is 7.94. The summed E-state index contributed by atoms with van der Waals surface area (Å²) in [6.07, 6.45) is 6.07. The minimum absolute atomic E-state index is 0.0552. The largest absolute Gasteiger partial charge is 0.508 e. The molecule has 4 atom stereocenters. The molecule has 12 heteroatoms. The molecule has 4 aliphatic heterocycles. The fourth-order valence-electron chi connectivity index (χ4n) is 7.94. The van der Waals surface area contributed by atoms with Gasteiger partial charge in [-0.15, -0.1) is 0 Å². The average Bonchev–Trinajstić information content (AvgIpc) is 3.55. The lowest BCUT2D eigenvalue weighted by Crippen LogP contribution is -2.56. The lowest BCUT2D eigenvalue weighted by Gasteiger charge is -2.35. The zero-order valence-corrected chi connectivity index (χ0v) is 25.0. The van der Waals surface area contributed by atoms with Crippen LogP contribution in [0, 0.1) is 5.82 Å². The van der Waals surface area contributed by atoms with E-state index in [4.69, 9.17) is 9.72 Å². The Morgan fingerprint density at radius 1 is 1.22 bits per heavy atom. The van der Waals surface area contributed by atoms with Gasteiger partial charge in [0, 0.05) is 49.6 Å². The van der Waals surface area contributed by atoms with Crippen LogP contribution in [0.5, 0.6) is 11.8 Å². The highest BCUT2D eigenvalue weighted by Gasteiger charge is 2.49. The van der Waals surface area contributed by atoms with Crippen molar-refractivity contribution < 1.29 is 18.6 Å². The zero-order valence-electron chi connectivity index (χ0n) is 25.0. The standard InChI is InChI=1S/C33H35F2N7O3/c1-2-24-26(35)5-4-18-10-23(43)11-27(28(18)24)42-31(44)30-25(15-37-42)29(19-8-21-13-36-14-22(9-19)38-21)39-32(40-30)45-17-33-6-3-7-41(33)16-20(34)12-33/h4-5,8,10-11,15,20-22,36,38,43H,2-3,6-7,9,12-14,16-17H2,1H3/t20-,21?,22?,33+/m1/s1. The summed E-state index contributed by atoms with van der Waals surface area (Å²) in [6.45, 7) is 4.89. The van der Waals surface area contributed by atoms with E-state index in [1.54, 1.807) is 18.3 Å². The Labute approximate surface area is 258 Å². The third-order valence-electron chi connectivity index (χ3n) is 9.94. The SMILES string of the molecule is CCc1c(F)ccc2cc(O)cc(-n3ncc4c(C5=CC6CNCC(C5)N6)nc(OC[C@@]56CCCN5C[C@H](F)C6)nc4c3=O)c12. The number of aromatic hydroxyl groups is 1. The highest BCUT2D eigenvalue weighted by Crippen LogP contribution is 2.40. The summed E-state index contributed by atoms with van der Waals surface area (Å²) in [6, 6.07) is 6.28. The van der Waals surface area contributed by atoms with Crippen LogP contribution in [0.2, 0.25) is 0 Å². The second kappa shape index (κ2) is 10.8. The molecular formula is C33H35F2N7O3. The van der Waals surface area contributed by atoms with Crippen LogP contribution in [0.25, 0.3) is 32.9 Å². The molecule has 10 nitrogen and oxygen atoms in total. The van der Waals surface area contributed by atoms with Crippen LogP contribution in [0.4, 0.5) is 8.78 Å². The van der Waals surface area contributed by atoms with E-state index in [1.807, 2.05) is 6.92 Å². The Balaban J connectivity index is 1.29. The molecule has 4 aromatic rings. The number of hydrogen-bond acceptors (Lipinski definition) is 9. The van der Waals surface area contributed by atoms with Crippen LogP contribution >= 0.6 is 0 Å². The van der Waals surface area contributed by atoms with Crippen LogP contribution in [-0.4, -0.2) is 86.3 Å². The van der Waals surface area contributed by atoms with Crippen LogP contribution in [0.3, 0.4) is 0 Å². The highest BCUT2D eigenvalue weighted by molar-refractivity contribution is 5.95. The Morgan fingerprint density at radius 2 is 2.11 bits per heavy atom. The molecule has 8 rings (SSSR count). The summed E-state index contributed by atoms with van der Waals surface area (Å²) in [4.78, 5) is 26.0. The Bertz CT molecular complexity index is 1930. The molecule has 6 heterocycles. The number of aromatic nitrogens is 4. The van der Waals surface area contributed by atoms with Gasteiger partial charge < -0.3 is 20.5 Å². The number of nitrogens with zero attached hydrogens (tertiary/aromatic N) is 5. The fraction of sp³-hybridized carbons (Fsp3) is 0.455. The predicted molar refractivity (Wildman–Crippen MR) is 166 cm³/mol. The molecule has 0 spiro atoms. The van der Waals surface area contributed by atoms with Crippen molar-refractivity contribution in [3.63, 3.8) is 0 Å². The lowest BCUT2D eigenvalue weighted by molar-refractivity contribution is 0.107. The maximum absolute atomic E-state index is 15.0. The minimum atomic E-state index is -0.900. The number of piperazine rings is 1. The minimum Gasteiger partial charge on any atom is -0.508 e. The first-order valence-electron chi connectivity index (χ1n) is 15.8. The number of phenolic OH excluding ortho intramolecular Hbond substituents is 1. The maximum atomic E-state index is 15.0. The summed E-state index contributed by atoms with van der Waals surface area (Å²) in [5.41, 5.74) is 1.40. The summed E-state index contributed by atoms with van der Waals surface area (Å²) in [5, 5.41) is 23.7. The van der Waals surface area contributed by atoms with Crippen LogP contribution in [-0.2, 0) is 6.42 Å². The number of ether oxygens (including phenoxy) is 1. The van der Waals surface area contributed by atoms with Gasteiger partial charge in [-0.2, -0.15) is 19.7 Å². The number of hydrogen-bond donors (Lipinski definition) is 3. The summed E-state index contributed by atoms with van der Waals surface area (Å²) >= 11 is 0. The molecule has 4 aliphatic rings. The van der Waals surface area contributed by atoms with E-state index < -0.39 is 23.1 Å². The van der Waals surface area contributed by atoms with E-state index >= 15 is 0 Å². The van der Waals surface area contributed by atoms with Crippen LogP contribution in [0.15, 0.2) is 41.3 Å². The quantitative estimate of drug-likeness (QED) is 0.300. The number of aryl methyl sites for hydroxylation is 1. The molecule has 2 bridgehead atoms. The van der Waals surface area contributed by atoms with Crippen LogP contribution in [0.1, 0.15) is 43.9 Å². The smallest absolute Gasteiger partial charge is 0.317 e. The molecule has 0 saturated carbocycles. The van der Waals surface area contributed by atoms with Crippen molar-refractivity contribution in [1.29, 1.82) is 0 Å². The van der Waals surface area contributed by atoms with Crippen LogP contribution < -0.4 is 20.9 Å². The number of halogens is 2. The molecule has 2 aromatic heterocycles. The molecule has 3 N–H and O–H groups in total. The molecule has 2 unspecified atom stereocenters. The molecule has 2 aromatic carbocycles. The molecule has 0 radical (unpaired) electrons. The van der Waals surface area contributed by atoms with Gasteiger partial charge in [0.2, 0.25) is 0 Å². The van der Waals surface area contributed by atoms with Crippen molar-refractivity contribution in [1.82, 2.24) is 35.3 Å². The molecule has 3 fully saturated rings. The van der Waals surface area contributed by atoms with E-state index in [1.165, 1.54) is 16.8 Å². The van der Waals surface area contributed by atoms with Crippen molar-refractivity contribution in [2.45, 2.75) is 62.8 Å². The number of alkyl halides is 1. The first-order chi connectivity index (χ1) is 21.8. The molecular weight excluding hydrogens is 580 g/mol. The van der Waals surface area contributed by atoms with Gasteiger partial charge in [-0.3, -0.25) is 9.69 Å². The molecule has 3 saturated heterocycles. The van der Waals surface area contributed by atoms with E-state index in [0.717, 1.165) is 38.0 Å². The molecule has 0 aliphatic carbocycles. The van der Waals surface area contributed by atoms with Crippen molar-refractivity contribution >= 4 is 27.2 Å². The third-order valence-corrected chi connectivity index (χ3v) is 9.94. The summed E-state index contributed by atoms with van der Waals surface area (Å²) in [5.74, 6) is -0.470. The number of fused-ring (bicyclic) bond motifs is 5. The van der Waals surface area contributed by atoms with E-state index in [2.05, 4.69) is 31.7 Å². The van der Waals surface area contributed by atoms with Crippen molar-refractivity contribution in [3.8, 4) is 17.4 Å². The summed E-state index contributed by atoms with van der Waals surface area (Å²) in [7, 11) is 0. The van der Waals surface area contributed by atoms with Gasteiger partial charge in [-0.1, -0.05) is 19.1 Å². The molecule has 45 heavy (non-hydrogen) atoms. The predicted octanol–water partition coefficient (Wildman–Crippen LogP) is 3.41. The van der Waals surface area contributed by atoms with Gasteiger partial charge in [-0.25, -0.2) is 8.78 Å². The van der Waals surface area contributed by atoms with Gasteiger partial charge in [0.1, 0.15) is 29.9 Å². The number of nitrogens with one attached hydrogen (secondary N) is 2. The topological polar surface area (TPSA) is 117 Å². The Hall–Kier alpha value is -4.00. The second-order valence-corrected chi connectivity index (χ2v) is 12.8.